The van der Waals surface area contributed by atoms with E-state index in [1.807, 2.05) is 32.0 Å². The fraction of sp³-hybridized carbons (Fsp3) is 0.361. The fourth-order valence-corrected chi connectivity index (χ4v) is 5.40. The molecule has 0 radical (unpaired) electrons. The molecule has 2 aromatic carbocycles. The number of fused-ring (bicyclic) bond motifs is 1. The monoisotopic (exact) mass is 653 g/mol. The van der Waals surface area contributed by atoms with Gasteiger partial charge in [0.2, 0.25) is 0 Å². The van der Waals surface area contributed by atoms with E-state index in [0.29, 0.717) is 59.0 Å². The lowest BCUT2D eigenvalue weighted by atomic mass is 9.86. The highest BCUT2D eigenvalue weighted by molar-refractivity contribution is 5.82. The van der Waals surface area contributed by atoms with Gasteiger partial charge in [0.1, 0.15) is 22.9 Å². The van der Waals surface area contributed by atoms with Crippen molar-refractivity contribution in [2.45, 2.75) is 58.7 Å². The Labute approximate surface area is 279 Å². The van der Waals surface area contributed by atoms with E-state index < -0.39 is 12.2 Å². The average molecular weight is 654 g/mol. The topological polar surface area (TPSA) is 156 Å². The number of nitrogens with one attached hydrogen (secondary N) is 2. The van der Waals surface area contributed by atoms with Crippen molar-refractivity contribution in [2.24, 2.45) is 7.05 Å². The third-order valence-electron chi connectivity index (χ3n) is 7.98. The molecule has 0 saturated heterocycles. The van der Waals surface area contributed by atoms with E-state index >= 15 is 0 Å². The molecule has 0 unspecified atom stereocenters. The van der Waals surface area contributed by atoms with Crippen molar-refractivity contribution < 1.29 is 14.9 Å². The Morgan fingerprint density at radius 3 is 2.42 bits per heavy atom. The molecule has 0 aliphatic carbocycles. The first-order valence-electron chi connectivity index (χ1n) is 15.9. The number of pyridine rings is 1. The minimum Gasteiger partial charge on any atom is -0.485 e. The summed E-state index contributed by atoms with van der Waals surface area (Å²) in [5.74, 6) is 0.988. The van der Waals surface area contributed by atoms with E-state index in [2.05, 4.69) is 46.6 Å². The van der Waals surface area contributed by atoms with Crippen molar-refractivity contribution >= 4 is 22.3 Å². The van der Waals surface area contributed by atoms with Crippen molar-refractivity contribution in [1.29, 1.82) is 0 Å². The first-order valence-corrected chi connectivity index (χ1v) is 15.9. The van der Waals surface area contributed by atoms with Gasteiger partial charge in [0.15, 0.2) is 0 Å². The predicted octanol–water partition coefficient (Wildman–Crippen LogP) is 4.20. The molecule has 0 aliphatic rings. The molecule has 0 saturated carbocycles. The fourth-order valence-electron chi connectivity index (χ4n) is 5.40. The quantitative estimate of drug-likeness (QED) is 0.144. The second-order valence-corrected chi connectivity index (χ2v) is 13.4. The van der Waals surface area contributed by atoms with Gasteiger partial charge >= 0.3 is 0 Å². The van der Waals surface area contributed by atoms with Crippen LogP contribution in [0.5, 0.6) is 5.75 Å². The molecule has 252 valence electrons. The summed E-state index contributed by atoms with van der Waals surface area (Å²) in [5.41, 5.74) is 1.84. The molecule has 0 atom stereocenters. The maximum Gasteiger partial charge on any atom is 0.290 e. The number of aromatic nitrogens is 5. The number of hydrogen-bond acceptors (Lipinski definition) is 10. The summed E-state index contributed by atoms with van der Waals surface area (Å²) in [6, 6.07) is 16.1. The van der Waals surface area contributed by atoms with Gasteiger partial charge in [-0.15, -0.1) is 0 Å². The smallest absolute Gasteiger partial charge is 0.290 e. The lowest BCUT2D eigenvalue weighted by Gasteiger charge is -2.26. The lowest BCUT2D eigenvalue weighted by Crippen LogP contribution is -2.40. The molecule has 0 aliphatic heterocycles. The molecule has 12 nitrogen and oxygen atoms in total. The number of ether oxygens (including phenoxy) is 1. The molecule has 12 heteroatoms. The van der Waals surface area contributed by atoms with Gasteiger partial charge in [0.25, 0.3) is 11.1 Å². The van der Waals surface area contributed by atoms with Gasteiger partial charge in [-0.2, -0.15) is 14.9 Å². The molecule has 3 heterocycles. The van der Waals surface area contributed by atoms with Gasteiger partial charge in [-0.1, -0.05) is 39.0 Å². The maximum absolute atomic E-state index is 13.7. The molecule has 3 aromatic heterocycles. The van der Waals surface area contributed by atoms with Crippen molar-refractivity contribution in [3.8, 4) is 22.7 Å². The summed E-state index contributed by atoms with van der Waals surface area (Å²) in [6.45, 7) is 11.3. The molecule has 48 heavy (non-hydrogen) atoms. The number of rotatable bonds is 12. The number of hydrogen-bond donors (Lipinski definition) is 4. The number of anilines is 2. The molecule has 0 bridgehead atoms. The van der Waals surface area contributed by atoms with Crippen LogP contribution in [0.2, 0.25) is 0 Å². The third kappa shape index (κ3) is 7.62. The first kappa shape index (κ1) is 34.4. The number of aryl methyl sites for hydroxylation is 1. The Hall–Kier alpha value is -4.91. The van der Waals surface area contributed by atoms with Crippen molar-refractivity contribution in [1.82, 2.24) is 29.9 Å². The highest BCUT2D eigenvalue weighted by Gasteiger charge is 2.21. The lowest BCUT2D eigenvalue weighted by molar-refractivity contribution is 0.107. The van der Waals surface area contributed by atoms with Crippen LogP contribution in [-0.2, 0) is 19.1 Å². The standard InChI is InChI=1S/C36H43N7O5/c1-35(2,3)24-11-13-26-23(17-24)19-39-43(33(26)46)31-10-7-9-27(28(31)21-45)29-18-30(34(47)42(6)41-29)40-32-14-12-25(20-38-32)48-36(4,5)22-37-15-8-16-44/h7,9-14,17-20,37,44-45H,8,15-16,21-22H2,1-6H3,(H,38,40). The largest absolute Gasteiger partial charge is 0.485 e. The van der Waals surface area contributed by atoms with E-state index in [0.717, 1.165) is 10.9 Å². The zero-order chi connectivity index (χ0) is 34.6. The van der Waals surface area contributed by atoms with E-state index in [-0.39, 0.29) is 28.8 Å². The molecule has 5 aromatic rings. The second kappa shape index (κ2) is 14.1. The minimum atomic E-state index is -0.510. The molecule has 0 fully saturated rings. The summed E-state index contributed by atoms with van der Waals surface area (Å²) in [6.07, 6.45) is 3.91. The van der Waals surface area contributed by atoms with Crippen molar-refractivity contribution in [3.05, 3.63) is 98.8 Å². The van der Waals surface area contributed by atoms with Crippen LogP contribution in [0.25, 0.3) is 27.7 Å². The highest BCUT2D eigenvalue weighted by atomic mass is 16.5. The molecule has 0 spiro atoms. The number of aliphatic hydroxyl groups is 2. The van der Waals surface area contributed by atoms with Crippen molar-refractivity contribution in [3.63, 3.8) is 0 Å². The predicted molar refractivity (Wildman–Crippen MR) is 187 cm³/mol. The Morgan fingerprint density at radius 1 is 0.938 bits per heavy atom. The maximum atomic E-state index is 13.7. The van der Waals surface area contributed by atoms with E-state index in [4.69, 9.17) is 9.84 Å². The molecule has 0 amide bonds. The number of aliphatic hydroxyl groups excluding tert-OH is 2. The van der Waals surface area contributed by atoms with E-state index in [1.54, 1.807) is 55.8 Å². The van der Waals surface area contributed by atoms with Crippen LogP contribution in [0.15, 0.2) is 76.6 Å². The summed E-state index contributed by atoms with van der Waals surface area (Å²) in [5, 5.41) is 36.1. The van der Waals surface area contributed by atoms with E-state index in [9.17, 15) is 14.7 Å². The normalized spacial score (nSPS) is 12.0. The SMILES string of the molecule is Cn1nc(-c2cccc(-n3ncc4cc(C(C)(C)C)ccc4c3=O)c2CO)cc(Nc2ccc(OC(C)(C)CNCCCO)cn2)c1=O. The third-order valence-corrected chi connectivity index (χ3v) is 7.98. The summed E-state index contributed by atoms with van der Waals surface area (Å²) in [4.78, 5) is 31.2. The van der Waals surface area contributed by atoms with Crippen molar-refractivity contribution in [2.75, 3.05) is 25.0 Å². The summed E-state index contributed by atoms with van der Waals surface area (Å²) in [7, 11) is 1.54. The first-order chi connectivity index (χ1) is 22.8. The van der Waals surface area contributed by atoms with Crippen LogP contribution in [0, 0.1) is 0 Å². The second-order valence-electron chi connectivity index (χ2n) is 13.4. The zero-order valence-electron chi connectivity index (χ0n) is 28.2. The van der Waals surface area contributed by atoms with Gasteiger partial charge in [0, 0.05) is 36.7 Å². The van der Waals surface area contributed by atoms with Gasteiger partial charge < -0.3 is 25.6 Å². The number of nitrogens with zero attached hydrogens (tertiary/aromatic N) is 5. The summed E-state index contributed by atoms with van der Waals surface area (Å²) < 4.78 is 8.58. The van der Waals surface area contributed by atoms with Crippen LogP contribution in [0.4, 0.5) is 11.5 Å². The van der Waals surface area contributed by atoms with Gasteiger partial charge in [-0.05, 0) is 74.2 Å². The Kier molecular flexibility index (Phi) is 10.1. The Balaban J connectivity index is 1.44. The molecular weight excluding hydrogens is 610 g/mol. The Bertz CT molecular complexity index is 2030. The van der Waals surface area contributed by atoms with Gasteiger partial charge in [0.05, 0.1) is 35.8 Å². The molecule has 5 rings (SSSR count). The van der Waals surface area contributed by atoms with Crippen LogP contribution in [0.1, 0.15) is 52.2 Å². The average Bonchev–Trinajstić information content (AvgIpc) is 3.05. The van der Waals surface area contributed by atoms with Gasteiger partial charge in [-0.3, -0.25) is 9.59 Å². The molecular formula is C36H43N7O5. The van der Waals surface area contributed by atoms with Crippen LogP contribution >= 0.6 is 0 Å². The van der Waals surface area contributed by atoms with Crippen LogP contribution in [-0.4, -0.2) is 60.1 Å². The summed E-state index contributed by atoms with van der Waals surface area (Å²) >= 11 is 0. The van der Waals surface area contributed by atoms with Gasteiger partial charge in [-0.25, -0.2) is 9.67 Å². The number of benzene rings is 2. The molecule has 4 N–H and O–H groups in total. The minimum absolute atomic E-state index is 0.0811. The van der Waals surface area contributed by atoms with Crippen LogP contribution < -0.4 is 26.5 Å². The highest BCUT2D eigenvalue weighted by Crippen LogP contribution is 2.29. The van der Waals surface area contributed by atoms with Crippen LogP contribution in [0.3, 0.4) is 0 Å². The zero-order valence-corrected chi connectivity index (χ0v) is 28.2. The van der Waals surface area contributed by atoms with E-state index in [1.165, 1.54) is 9.36 Å². The Morgan fingerprint density at radius 2 is 1.73 bits per heavy atom.